The molecule has 0 aliphatic carbocycles. The normalized spacial score (nSPS) is 16.2. The Morgan fingerprint density at radius 3 is 2.67 bits per heavy atom. The summed E-state index contributed by atoms with van der Waals surface area (Å²) >= 11 is -1.00. The second kappa shape index (κ2) is 11.2. The van der Waals surface area contributed by atoms with Gasteiger partial charge in [-0.3, -0.25) is 0 Å². The summed E-state index contributed by atoms with van der Waals surface area (Å²) in [5, 5.41) is 0. The van der Waals surface area contributed by atoms with Gasteiger partial charge in [0.1, 0.15) is 0 Å². The van der Waals surface area contributed by atoms with Crippen molar-refractivity contribution in [2.45, 2.75) is 40.2 Å². The second-order valence-corrected chi connectivity index (χ2v) is 16.5. The summed E-state index contributed by atoms with van der Waals surface area (Å²) in [6.45, 7) is 9.90. The Labute approximate surface area is 252 Å². The zero-order valence-electron chi connectivity index (χ0n) is 23.2. The summed E-state index contributed by atoms with van der Waals surface area (Å²) in [5.74, 6) is 0. The van der Waals surface area contributed by atoms with Gasteiger partial charge in [-0.25, -0.2) is 0 Å². The van der Waals surface area contributed by atoms with Crippen LogP contribution in [0.3, 0.4) is 0 Å². The van der Waals surface area contributed by atoms with Gasteiger partial charge in [-0.1, -0.05) is 0 Å². The molecule has 1 aromatic heterocycles. The number of aliphatic imine (C=N–C) groups is 1. The first-order valence-corrected chi connectivity index (χ1v) is 18.3. The molecule has 0 spiro atoms. The molecule has 3 aromatic carbocycles. The first kappa shape index (κ1) is 26.8. The Kier molecular flexibility index (Phi) is 7.72. The fourth-order valence-corrected chi connectivity index (χ4v) is 12.3. The monoisotopic (exact) mass is 744 g/mol. The van der Waals surface area contributed by atoms with Crippen LogP contribution in [0.5, 0.6) is 0 Å². The van der Waals surface area contributed by atoms with Gasteiger partial charge in [0, 0.05) is 0 Å². The molecule has 0 atom stereocenters. The average Bonchev–Trinajstić information content (AvgIpc) is 3.48. The number of anilines is 1. The van der Waals surface area contributed by atoms with Crippen molar-refractivity contribution in [2.24, 2.45) is 12.0 Å². The van der Waals surface area contributed by atoms with Crippen LogP contribution >= 0.6 is 0 Å². The van der Waals surface area contributed by atoms with Crippen LogP contribution in [0.4, 0.5) is 5.69 Å². The van der Waals surface area contributed by atoms with E-state index in [2.05, 4.69) is 134 Å². The summed E-state index contributed by atoms with van der Waals surface area (Å²) in [7, 11) is 2.26. The van der Waals surface area contributed by atoms with E-state index in [1.54, 1.807) is 0 Å². The summed E-state index contributed by atoms with van der Waals surface area (Å²) in [5.41, 5.74) is 10.9. The summed E-state index contributed by atoms with van der Waals surface area (Å²) in [6.07, 6.45) is 12.6. The zero-order chi connectivity index (χ0) is 27.1. The molecule has 0 saturated heterocycles. The van der Waals surface area contributed by atoms with Crippen molar-refractivity contribution >= 4 is 83.5 Å². The van der Waals surface area contributed by atoms with Gasteiger partial charge in [-0.2, -0.15) is 0 Å². The topological polar surface area (TPSA) is 19.5 Å². The molecule has 0 amide bonds. The Hall–Kier alpha value is -2.40. The van der Waals surface area contributed by atoms with Crippen molar-refractivity contribution in [3.63, 3.8) is 0 Å². The van der Waals surface area contributed by atoms with Gasteiger partial charge < -0.3 is 0 Å². The first-order valence-electron chi connectivity index (χ1n) is 13.6. The SMILES string of the molecule is C/C=C\c1c(C)ccc2[te]c(/C=C(/C=C3\[Te]c4ccc5c(c4N3C(C)C)C=NCC5)c3ccccc3)[n+](C)c12. The number of hydrogen-bond acceptors (Lipinski definition) is 2. The molecule has 0 radical (unpaired) electrons. The number of hydrogen-bond donors (Lipinski definition) is 0. The molecule has 2 aliphatic rings. The number of allylic oxidation sites excluding steroid dienone is 3. The predicted octanol–water partition coefficient (Wildman–Crippen LogP) is 5.68. The summed E-state index contributed by atoms with van der Waals surface area (Å²) < 4.78 is 8.51. The van der Waals surface area contributed by atoms with Gasteiger partial charge in [0.2, 0.25) is 0 Å². The van der Waals surface area contributed by atoms with Crippen molar-refractivity contribution in [1.29, 1.82) is 0 Å². The minimum atomic E-state index is -0.514. The zero-order valence-corrected chi connectivity index (χ0v) is 27.9. The van der Waals surface area contributed by atoms with Crippen molar-refractivity contribution < 1.29 is 4.57 Å². The molecule has 2 aliphatic heterocycles. The van der Waals surface area contributed by atoms with E-state index in [9.17, 15) is 0 Å². The van der Waals surface area contributed by atoms with E-state index >= 15 is 0 Å². The van der Waals surface area contributed by atoms with Crippen molar-refractivity contribution in [3.8, 4) is 0 Å². The third-order valence-corrected chi connectivity index (χ3v) is 13.8. The predicted molar refractivity (Wildman–Crippen MR) is 170 cm³/mol. The van der Waals surface area contributed by atoms with Crippen LogP contribution in [-0.2, 0) is 13.5 Å². The fraction of sp³-hybridized carbons (Fsp3) is 0.235. The molecule has 5 heteroatoms. The van der Waals surface area contributed by atoms with Crippen LogP contribution < -0.4 is 13.1 Å². The number of rotatable bonds is 5. The number of nitrogens with zero attached hydrogens (tertiary/aromatic N) is 3. The van der Waals surface area contributed by atoms with Gasteiger partial charge >= 0.3 is 254 Å². The van der Waals surface area contributed by atoms with Crippen LogP contribution in [0.1, 0.15) is 52.3 Å². The number of aromatic nitrogens is 1. The van der Waals surface area contributed by atoms with Gasteiger partial charge in [0.05, 0.1) is 0 Å². The fourth-order valence-electron chi connectivity index (χ4n) is 5.56. The van der Waals surface area contributed by atoms with Crippen LogP contribution in [0.2, 0.25) is 0 Å². The van der Waals surface area contributed by atoms with Crippen molar-refractivity contribution in [3.05, 3.63) is 102 Å². The third-order valence-electron chi connectivity index (χ3n) is 7.49. The quantitative estimate of drug-likeness (QED) is 0.191. The number of aryl methyl sites for hydroxylation is 2. The Morgan fingerprint density at radius 2 is 1.90 bits per heavy atom. The van der Waals surface area contributed by atoms with E-state index in [1.165, 1.54) is 59.1 Å². The van der Waals surface area contributed by atoms with E-state index in [1.807, 2.05) is 0 Å². The van der Waals surface area contributed by atoms with Crippen molar-refractivity contribution in [1.82, 2.24) is 0 Å². The van der Waals surface area contributed by atoms with Crippen LogP contribution in [0.25, 0.3) is 26.6 Å². The van der Waals surface area contributed by atoms with E-state index in [-0.39, 0.29) is 0 Å². The average molecular weight is 740 g/mol. The van der Waals surface area contributed by atoms with Gasteiger partial charge in [0.25, 0.3) is 0 Å². The molecule has 0 saturated carbocycles. The maximum atomic E-state index is 4.67. The molecule has 39 heavy (non-hydrogen) atoms. The number of fused-ring (bicyclic) bond motifs is 4. The van der Waals surface area contributed by atoms with Gasteiger partial charge in [-0.15, -0.1) is 0 Å². The molecule has 0 N–H and O–H groups in total. The van der Waals surface area contributed by atoms with E-state index in [0.29, 0.717) is 6.04 Å². The molecule has 3 heterocycles. The standard InChI is InChI=1S/C34H34N3Te2/c1-6-10-27-23(4)13-15-29-33(27)36(5)31(38-29)19-26(24-11-8-7-9-12-24)20-32-37(22(2)3)34-28-21-35-18-17-25(28)14-16-30(34)39-32/h6-16,19-22H,17-18H2,1-5H3/q+1/b10-6-. The van der Waals surface area contributed by atoms with E-state index < -0.39 is 41.4 Å². The summed E-state index contributed by atoms with van der Waals surface area (Å²) in [4.78, 5) is 7.29. The maximum absolute atomic E-state index is 4.67. The third kappa shape index (κ3) is 5.01. The van der Waals surface area contributed by atoms with Crippen LogP contribution in [0, 0.1) is 6.92 Å². The molecule has 6 rings (SSSR count). The Morgan fingerprint density at radius 1 is 1.08 bits per heavy atom. The Bertz CT molecular complexity index is 1690. The molecule has 0 fully saturated rings. The molecule has 196 valence electrons. The van der Waals surface area contributed by atoms with Crippen LogP contribution in [0.15, 0.2) is 75.5 Å². The van der Waals surface area contributed by atoms with Crippen LogP contribution in [-0.4, -0.2) is 60.2 Å². The second-order valence-electron chi connectivity index (χ2n) is 10.4. The molecule has 0 unspecified atom stereocenters. The Balaban J connectivity index is 1.52. The minimum absolute atomic E-state index is 0.396. The first-order chi connectivity index (χ1) is 19.0. The number of benzene rings is 3. The molecule has 4 aromatic rings. The van der Waals surface area contributed by atoms with Gasteiger partial charge in [0.15, 0.2) is 0 Å². The van der Waals surface area contributed by atoms with Gasteiger partial charge in [-0.05, 0) is 0 Å². The van der Waals surface area contributed by atoms with Crippen molar-refractivity contribution in [2.75, 3.05) is 11.4 Å². The van der Waals surface area contributed by atoms with E-state index in [0.717, 1.165) is 13.0 Å². The molecular formula is C34H34N3Te2+. The summed E-state index contributed by atoms with van der Waals surface area (Å²) in [6, 6.07) is 20.8. The molecular weight excluding hydrogens is 706 g/mol. The molecule has 3 nitrogen and oxygen atoms in total. The molecule has 0 bridgehead atoms. The van der Waals surface area contributed by atoms with E-state index in [4.69, 9.17) is 0 Å².